The Morgan fingerprint density at radius 2 is 2.39 bits per heavy atom. The molecule has 1 aromatic rings. The van der Waals surface area contributed by atoms with Crippen LogP contribution in [0.3, 0.4) is 0 Å². The van der Waals surface area contributed by atoms with Crippen LogP contribution in [0.25, 0.3) is 0 Å². The van der Waals surface area contributed by atoms with E-state index in [1.54, 1.807) is 6.07 Å². The average molecular weight is 252 g/mol. The summed E-state index contributed by atoms with van der Waals surface area (Å²) in [6.07, 6.45) is 1.02. The van der Waals surface area contributed by atoms with E-state index in [0.29, 0.717) is 12.4 Å². The number of anilines is 2. The van der Waals surface area contributed by atoms with Gasteiger partial charge in [0.25, 0.3) is 0 Å². The average Bonchev–Trinajstić information content (AvgIpc) is 2.53. The van der Waals surface area contributed by atoms with Crippen molar-refractivity contribution in [2.75, 3.05) is 30.3 Å². The molecule has 1 aliphatic heterocycles. The van der Waals surface area contributed by atoms with Gasteiger partial charge in [-0.05, 0) is 19.4 Å². The summed E-state index contributed by atoms with van der Waals surface area (Å²) in [6, 6.07) is 3.03. The van der Waals surface area contributed by atoms with Gasteiger partial charge < -0.3 is 15.4 Å². The van der Waals surface area contributed by atoms with E-state index in [1.165, 1.54) is 6.07 Å². The third kappa shape index (κ3) is 2.67. The lowest BCUT2D eigenvalue weighted by molar-refractivity contribution is -0.384. The molecule has 0 aliphatic carbocycles. The SMILES string of the molecule is CC1CN(c2ccc([N+](=O)[O-])c(N)n2)CCCO1. The van der Waals surface area contributed by atoms with Crippen LogP contribution in [0.2, 0.25) is 0 Å². The van der Waals surface area contributed by atoms with Crippen LogP contribution in [0.15, 0.2) is 12.1 Å². The van der Waals surface area contributed by atoms with Gasteiger partial charge >= 0.3 is 5.69 Å². The summed E-state index contributed by atoms with van der Waals surface area (Å²) in [4.78, 5) is 16.3. The molecule has 1 fully saturated rings. The molecule has 2 heterocycles. The molecule has 0 spiro atoms. The summed E-state index contributed by atoms with van der Waals surface area (Å²) >= 11 is 0. The summed E-state index contributed by atoms with van der Waals surface area (Å²) in [7, 11) is 0. The molecule has 0 radical (unpaired) electrons. The van der Waals surface area contributed by atoms with E-state index in [4.69, 9.17) is 10.5 Å². The zero-order valence-corrected chi connectivity index (χ0v) is 10.2. The maximum Gasteiger partial charge on any atom is 0.311 e. The predicted octanol–water partition coefficient (Wildman–Crippen LogP) is 1.19. The molecule has 7 nitrogen and oxygen atoms in total. The first-order valence-corrected chi connectivity index (χ1v) is 5.85. The lowest BCUT2D eigenvalue weighted by Gasteiger charge is -2.23. The Labute approximate surface area is 105 Å². The highest BCUT2D eigenvalue weighted by atomic mass is 16.6. The minimum absolute atomic E-state index is 0.0460. The van der Waals surface area contributed by atoms with Crippen molar-refractivity contribution in [3.8, 4) is 0 Å². The Morgan fingerprint density at radius 3 is 3.06 bits per heavy atom. The quantitative estimate of drug-likeness (QED) is 0.627. The summed E-state index contributed by atoms with van der Waals surface area (Å²) in [5.41, 5.74) is 5.44. The van der Waals surface area contributed by atoms with Crippen molar-refractivity contribution in [1.82, 2.24) is 4.98 Å². The summed E-state index contributed by atoms with van der Waals surface area (Å²) in [6.45, 7) is 4.24. The Kier molecular flexibility index (Phi) is 3.61. The molecule has 1 aromatic heterocycles. The fourth-order valence-electron chi connectivity index (χ4n) is 1.99. The van der Waals surface area contributed by atoms with Gasteiger partial charge in [-0.1, -0.05) is 0 Å². The lowest BCUT2D eigenvalue weighted by Crippen LogP contribution is -2.30. The normalized spacial score (nSPS) is 20.5. The molecule has 98 valence electrons. The van der Waals surface area contributed by atoms with E-state index in [0.717, 1.165) is 19.6 Å². The van der Waals surface area contributed by atoms with Gasteiger partial charge in [0.15, 0.2) is 0 Å². The molecule has 1 atom stereocenters. The van der Waals surface area contributed by atoms with E-state index in [2.05, 4.69) is 4.98 Å². The number of nitrogens with two attached hydrogens (primary N) is 1. The first-order valence-electron chi connectivity index (χ1n) is 5.85. The summed E-state index contributed by atoms with van der Waals surface area (Å²) in [5.74, 6) is 0.616. The van der Waals surface area contributed by atoms with Gasteiger partial charge in [-0.3, -0.25) is 10.1 Å². The number of aromatic nitrogens is 1. The monoisotopic (exact) mass is 252 g/mol. The number of nitro groups is 1. The molecule has 1 unspecified atom stereocenters. The molecule has 0 aromatic carbocycles. The maximum atomic E-state index is 10.7. The molecule has 0 saturated carbocycles. The van der Waals surface area contributed by atoms with Crippen LogP contribution < -0.4 is 10.6 Å². The number of pyridine rings is 1. The van der Waals surface area contributed by atoms with Crippen LogP contribution in [-0.4, -0.2) is 35.7 Å². The van der Waals surface area contributed by atoms with Crippen molar-refractivity contribution in [3.63, 3.8) is 0 Å². The zero-order valence-electron chi connectivity index (χ0n) is 10.2. The molecule has 2 rings (SSSR count). The first-order chi connectivity index (χ1) is 8.58. The number of hydrogen-bond acceptors (Lipinski definition) is 6. The number of nitrogens with zero attached hydrogens (tertiary/aromatic N) is 3. The van der Waals surface area contributed by atoms with E-state index < -0.39 is 4.92 Å². The predicted molar refractivity (Wildman–Crippen MR) is 67.5 cm³/mol. The summed E-state index contributed by atoms with van der Waals surface area (Å²) in [5, 5.41) is 10.7. The van der Waals surface area contributed by atoms with Crippen molar-refractivity contribution in [3.05, 3.63) is 22.2 Å². The van der Waals surface area contributed by atoms with Gasteiger partial charge in [0.2, 0.25) is 5.82 Å². The van der Waals surface area contributed by atoms with E-state index in [1.807, 2.05) is 11.8 Å². The summed E-state index contributed by atoms with van der Waals surface area (Å²) < 4.78 is 5.54. The third-order valence-electron chi connectivity index (χ3n) is 2.86. The molecule has 0 amide bonds. The van der Waals surface area contributed by atoms with Crippen molar-refractivity contribution in [2.45, 2.75) is 19.4 Å². The highest BCUT2D eigenvalue weighted by molar-refractivity contribution is 5.58. The number of hydrogen-bond donors (Lipinski definition) is 1. The third-order valence-corrected chi connectivity index (χ3v) is 2.86. The van der Waals surface area contributed by atoms with Crippen LogP contribution >= 0.6 is 0 Å². The standard InChI is InChI=1S/C11H16N4O3/c1-8-7-14(5-2-6-18-8)10-4-3-9(15(16)17)11(12)13-10/h3-4,8H,2,5-7H2,1H3,(H2,12,13). The lowest BCUT2D eigenvalue weighted by atomic mass is 10.3. The molecule has 18 heavy (non-hydrogen) atoms. The smallest absolute Gasteiger partial charge is 0.311 e. The van der Waals surface area contributed by atoms with Crippen molar-refractivity contribution in [1.29, 1.82) is 0 Å². The van der Waals surface area contributed by atoms with Crippen molar-refractivity contribution >= 4 is 17.3 Å². The number of nitrogen functional groups attached to an aromatic ring is 1. The minimum Gasteiger partial charge on any atom is -0.378 e. The highest BCUT2D eigenvalue weighted by Gasteiger charge is 2.19. The van der Waals surface area contributed by atoms with Crippen LogP contribution in [0.1, 0.15) is 13.3 Å². The topological polar surface area (TPSA) is 94.5 Å². The number of rotatable bonds is 2. The first kappa shape index (κ1) is 12.6. The Hall–Kier alpha value is -1.89. The van der Waals surface area contributed by atoms with Gasteiger partial charge in [-0.15, -0.1) is 0 Å². The molecular weight excluding hydrogens is 236 g/mol. The molecular formula is C11H16N4O3. The Balaban J connectivity index is 2.22. The molecule has 1 saturated heterocycles. The van der Waals surface area contributed by atoms with Gasteiger partial charge in [0.1, 0.15) is 5.82 Å². The van der Waals surface area contributed by atoms with Crippen LogP contribution in [0.4, 0.5) is 17.3 Å². The van der Waals surface area contributed by atoms with Crippen LogP contribution in [0, 0.1) is 10.1 Å². The second-order valence-electron chi connectivity index (χ2n) is 4.31. The molecule has 1 aliphatic rings. The zero-order chi connectivity index (χ0) is 13.1. The number of ether oxygens (including phenoxy) is 1. The van der Waals surface area contributed by atoms with Gasteiger partial charge in [0, 0.05) is 25.8 Å². The highest BCUT2D eigenvalue weighted by Crippen LogP contribution is 2.24. The molecule has 0 bridgehead atoms. The van der Waals surface area contributed by atoms with Crippen LogP contribution in [0.5, 0.6) is 0 Å². The maximum absolute atomic E-state index is 10.7. The molecule has 2 N–H and O–H groups in total. The van der Waals surface area contributed by atoms with Crippen molar-refractivity contribution < 1.29 is 9.66 Å². The van der Waals surface area contributed by atoms with E-state index >= 15 is 0 Å². The second kappa shape index (κ2) is 5.18. The minimum atomic E-state index is -0.528. The second-order valence-corrected chi connectivity index (χ2v) is 4.31. The van der Waals surface area contributed by atoms with Gasteiger partial charge in [-0.25, -0.2) is 4.98 Å². The van der Waals surface area contributed by atoms with E-state index in [9.17, 15) is 10.1 Å². The fourth-order valence-corrected chi connectivity index (χ4v) is 1.99. The largest absolute Gasteiger partial charge is 0.378 e. The molecule has 7 heteroatoms. The fraction of sp³-hybridized carbons (Fsp3) is 0.545. The Morgan fingerprint density at radius 1 is 1.61 bits per heavy atom. The van der Waals surface area contributed by atoms with Gasteiger partial charge in [-0.2, -0.15) is 0 Å². The van der Waals surface area contributed by atoms with Gasteiger partial charge in [0.05, 0.1) is 11.0 Å². The van der Waals surface area contributed by atoms with Crippen LogP contribution in [-0.2, 0) is 4.74 Å². The Bertz CT molecular complexity index is 452. The van der Waals surface area contributed by atoms with Crippen molar-refractivity contribution in [2.24, 2.45) is 0 Å². The van der Waals surface area contributed by atoms with E-state index in [-0.39, 0.29) is 17.6 Å².